The van der Waals surface area contributed by atoms with Crippen molar-refractivity contribution in [3.63, 3.8) is 0 Å². The highest BCUT2D eigenvalue weighted by atomic mass is 16.8. The van der Waals surface area contributed by atoms with Crippen LogP contribution in [-0.2, 0) is 52.4 Å². The zero-order valence-electron chi connectivity index (χ0n) is 28.3. The van der Waals surface area contributed by atoms with Crippen LogP contribution in [0.15, 0.2) is 0 Å². The van der Waals surface area contributed by atoms with Gasteiger partial charge in [0.1, 0.15) is 73.2 Å². The maximum Gasteiger partial charge on any atom is 0.333 e. The molecule has 0 saturated carbocycles. The lowest BCUT2D eigenvalue weighted by Crippen LogP contribution is -2.67. The lowest BCUT2D eigenvalue weighted by molar-refractivity contribution is -0.387. The van der Waals surface area contributed by atoms with Gasteiger partial charge in [0.15, 0.2) is 18.9 Å². The van der Waals surface area contributed by atoms with Crippen LogP contribution in [0.4, 0.5) is 0 Å². The molecule has 4 fully saturated rings. The fourth-order valence-corrected chi connectivity index (χ4v) is 5.98. The van der Waals surface area contributed by atoms with E-state index < -0.39 is 136 Å². The summed E-state index contributed by atoms with van der Waals surface area (Å²) < 4.78 is 33.6. The quantitative estimate of drug-likeness (QED) is 0.0483. The number of aliphatic hydroxyl groups excluding tert-OH is 10. The van der Waals surface area contributed by atoms with Crippen LogP contribution in [0.5, 0.6) is 0 Å². The molecule has 0 aromatic rings. The Labute approximate surface area is 301 Å². The molecule has 304 valence electrons. The number of hydrogen-bond acceptors (Lipinski definition) is 21. The van der Waals surface area contributed by atoms with E-state index in [9.17, 15) is 70.2 Å². The summed E-state index contributed by atoms with van der Waals surface area (Å²) in [5.74, 6) is -2.46. The van der Waals surface area contributed by atoms with E-state index in [2.05, 4.69) is 5.32 Å². The van der Waals surface area contributed by atoms with Gasteiger partial charge in [0.2, 0.25) is 5.91 Å². The number of hydrogen-bond donors (Lipinski definition) is 11. The van der Waals surface area contributed by atoms with Gasteiger partial charge in [-0.05, 0) is 12.8 Å². The number of carbonyl (C=O) groups excluding carboxylic acids is 4. The lowest BCUT2D eigenvalue weighted by atomic mass is 9.96. The van der Waals surface area contributed by atoms with Gasteiger partial charge in [-0.25, -0.2) is 4.79 Å². The summed E-state index contributed by atoms with van der Waals surface area (Å²) in [6.07, 6.45) is -25.9. The molecule has 15 atom stereocenters. The van der Waals surface area contributed by atoms with E-state index >= 15 is 0 Å². The van der Waals surface area contributed by atoms with Gasteiger partial charge in [-0.1, -0.05) is 0 Å². The molecular formula is C30H48N2O21. The van der Waals surface area contributed by atoms with Crippen LogP contribution in [0, 0.1) is 0 Å². The molecule has 3 amide bonds. The van der Waals surface area contributed by atoms with Gasteiger partial charge in [-0.15, -0.1) is 5.06 Å². The molecule has 0 aliphatic carbocycles. The first kappa shape index (κ1) is 43.2. The van der Waals surface area contributed by atoms with Crippen molar-refractivity contribution < 1.29 is 104 Å². The standard InChI is InChI=1S/C30H48N2O21/c33-9-12-19(40)21(42)23(44)29(48-12)51-26-14(11-35)50-28(25(46)27(26)52-30-24(45)22(43)20(41)13(10-34)49-30)47-8-7-31-15(36)3-1-2-4-18(39)53-32-16(37)5-6-17(32)38/h12-14,19-30,33-35,40-46H,1-11H2,(H,31,36)/t12-,13-,14-,19-,20-,21+,22+,23+,24+,25+,26-,27-,28+,29-,30-/m1/s1. The van der Waals surface area contributed by atoms with Gasteiger partial charge in [-0.3, -0.25) is 14.4 Å². The first-order valence-corrected chi connectivity index (χ1v) is 17.0. The predicted octanol–water partition coefficient (Wildman–Crippen LogP) is -7.26. The molecule has 23 nitrogen and oxygen atoms in total. The second-order valence-electron chi connectivity index (χ2n) is 12.8. The van der Waals surface area contributed by atoms with E-state index in [0.29, 0.717) is 5.06 Å². The monoisotopic (exact) mass is 772 g/mol. The molecule has 53 heavy (non-hydrogen) atoms. The number of nitrogens with one attached hydrogen (secondary N) is 1. The number of imide groups is 1. The molecule has 4 saturated heterocycles. The second kappa shape index (κ2) is 19.9. The third kappa shape index (κ3) is 10.6. The molecule has 0 spiro atoms. The van der Waals surface area contributed by atoms with Crippen molar-refractivity contribution in [3.05, 3.63) is 0 Å². The number of aliphatic hydroxyl groups is 10. The van der Waals surface area contributed by atoms with Crippen molar-refractivity contribution in [2.75, 3.05) is 33.0 Å². The van der Waals surface area contributed by atoms with Gasteiger partial charge in [0.25, 0.3) is 11.8 Å². The lowest BCUT2D eigenvalue weighted by Gasteiger charge is -2.49. The highest BCUT2D eigenvalue weighted by Gasteiger charge is 2.54. The number of hydroxylamine groups is 2. The van der Waals surface area contributed by atoms with E-state index in [1.165, 1.54) is 0 Å². The second-order valence-corrected chi connectivity index (χ2v) is 12.8. The third-order valence-electron chi connectivity index (χ3n) is 9.01. The molecule has 0 bridgehead atoms. The maximum atomic E-state index is 12.3. The van der Waals surface area contributed by atoms with E-state index in [4.69, 9.17) is 33.3 Å². The van der Waals surface area contributed by atoms with Crippen molar-refractivity contribution in [1.29, 1.82) is 0 Å². The minimum atomic E-state index is -1.96. The van der Waals surface area contributed by atoms with Crippen LogP contribution < -0.4 is 5.32 Å². The summed E-state index contributed by atoms with van der Waals surface area (Å²) in [7, 11) is 0. The first-order valence-electron chi connectivity index (χ1n) is 17.0. The molecule has 11 N–H and O–H groups in total. The summed E-state index contributed by atoms with van der Waals surface area (Å²) >= 11 is 0. The Balaban J connectivity index is 1.34. The summed E-state index contributed by atoms with van der Waals surface area (Å²) in [6, 6.07) is 0. The van der Waals surface area contributed by atoms with Gasteiger partial charge < -0.3 is 89.6 Å². The van der Waals surface area contributed by atoms with Crippen molar-refractivity contribution in [3.8, 4) is 0 Å². The summed E-state index contributed by atoms with van der Waals surface area (Å²) in [5, 5.41) is 106. The topological polar surface area (TPSA) is 350 Å². The number of rotatable bonds is 17. The fourth-order valence-electron chi connectivity index (χ4n) is 5.98. The Morgan fingerprint density at radius 3 is 1.66 bits per heavy atom. The molecule has 0 unspecified atom stereocenters. The molecule has 4 rings (SSSR count). The van der Waals surface area contributed by atoms with E-state index in [-0.39, 0.29) is 51.7 Å². The Kier molecular flexibility index (Phi) is 16.2. The number of nitrogens with zero attached hydrogens (tertiary/aromatic N) is 1. The van der Waals surface area contributed by atoms with Crippen molar-refractivity contribution in [2.24, 2.45) is 0 Å². The maximum absolute atomic E-state index is 12.3. The van der Waals surface area contributed by atoms with Crippen LogP contribution in [0.3, 0.4) is 0 Å². The summed E-state index contributed by atoms with van der Waals surface area (Å²) in [6.45, 7) is -2.91. The SMILES string of the molecule is O=C(CCCCC(=O)ON1C(=O)CCC1=O)NCCO[C@H]1O[C@H](CO)[C@@H](O[C@H]2O[C@H](CO)[C@@H](O)[C@H](O)[C@@H]2O)[C@H](O[C@H]2O[C@H](CO)[C@@H](O)[C@H](O)[C@@H]2O)[C@@H]1O. The summed E-state index contributed by atoms with van der Waals surface area (Å²) in [4.78, 5) is 52.1. The normalized spacial score (nSPS) is 39.3. The number of ether oxygens (including phenoxy) is 6. The zero-order valence-corrected chi connectivity index (χ0v) is 28.3. The van der Waals surface area contributed by atoms with Crippen molar-refractivity contribution in [2.45, 2.75) is 131 Å². The molecule has 0 radical (unpaired) electrons. The molecule has 23 heteroatoms. The number of amides is 3. The van der Waals surface area contributed by atoms with Crippen LogP contribution in [0.2, 0.25) is 0 Å². The molecule has 4 heterocycles. The van der Waals surface area contributed by atoms with Gasteiger partial charge in [-0.2, -0.15) is 0 Å². The molecule has 4 aliphatic heterocycles. The average Bonchev–Trinajstić information content (AvgIpc) is 3.46. The minimum absolute atomic E-state index is 0.0179. The van der Waals surface area contributed by atoms with E-state index in [0.717, 1.165) is 0 Å². The Morgan fingerprint density at radius 2 is 1.13 bits per heavy atom. The minimum Gasteiger partial charge on any atom is -0.394 e. The van der Waals surface area contributed by atoms with Gasteiger partial charge in [0.05, 0.1) is 26.4 Å². The highest BCUT2D eigenvalue weighted by Crippen LogP contribution is 2.33. The highest BCUT2D eigenvalue weighted by molar-refractivity contribution is 6.01. The van der Waals surface area contributed by atoms with Crippen molar-refractivity contribution in [1.82, 2.24) is 10.4 Å². The van der Waals surface area contributed by atoms with Gasteiger partial charge >= 0.3 is 5.97 Å². The zero-order chi connectivity index (χ0) is 39.0. The van der Waals surface area contributed by atoms with Crippen LogP contribution >= 0.6 is 0 Å². The molecular weight excluding hydrogens is 724 g/mol. The largest absolute Gasteiger partial charge is 0.394 e. The molecule has 0 aromatic heterocycles. The predicted molar refractivity (Wildman–Crippen MR) is 164 cm³/mol. The van der Waals surface area contributed by atoms with Crippen molar-refractivity contribution >= 4 is 23.7 Å². The van der Waals surface area contributed by atoms with E-state index in [1.807, 2.05) is 0 Å². The van der Waals surface area contributed by atoms with Crippen LogP contribution in [0.25, 0.3) is 0 Å². The van der Waals surface area contributed by atoms with E-state index in [1.54, 1.807) is 0 Å². The fraction of sp³-hybridized carbons (Fsp3) is 0.867. The number of unbranched alkanes of at least 4 members (excludes halogenated alkanes) is 1. The first-order chi connectivity index (χ1) is 25.2. The smallest absolute Gasteiger partial charge is 0.333 e. The van der Waals surface area contributed by atoms with Crippen LogP contribution in [0.1, 0.15) is 38.5 Å². The number of carbonyl (C=O) groups is 4. The van der Waals surface area contributed by atoms with Gasteiger partial charge in [0, 0.05) is 32.2 Å². The Hall–Kier alpha value is -2.56. The summed E-state index contributed by atoms with van der Waals surface area (Å²) in [5.41, 5.74) is 0. The average molecular weight is 773 g/mol. The molecule has 4 aliphatic rings. The van der Waals surface area contributed by atoms with Crippen LogP contribution in [-0.4, -0.2) is 205 Å². The third-order valence-corrected chi connectivity index (χ3v) is 9.01. The Morgan fingerprint density at radius 1 is 0.642 bits per heavy atom. The molecule has 0 aromatic carbocycles. The Bertz CT molecular complexity index is 1210.